The molecule has 0 saturated heterocycles. The first-order chi connectivity index (χ1) is 11.5. The molecule has 2 aromatic carbocycles. The van der Waals surface area contributed by atoms with Crippen molar-refractivity contribution in [1.29, 1.82) is 0 Å². The molecule has 0 aromatic heterocycles. The molecule has 0 fully saturated rings. The fraction of sp³-hybridized carbons (Fsp3) is 0.176. The van der Waals surface area contributed by atoms with E-state index in [9.17, 15) is 9.59 Å². The number of benzene rings is 2. The summed E-state index contributed by atoms with van der Waals surface area (Å²) >= 11 is 8.28. The van der Waals surface area contributed by atoms with Gasteiger partial charge in [-0.3, -0.25) is 4.79 Å². The van der Waals surface area contributed by atoms with Crippen LogP contribution in [0.2, 0.25) is 5.02 Å². The van der Waals surface area contributed by atoms with Gasteiger partial charge in [0.15, 0.2) is 0 Å². The van der Waals surface area contributed by atoms with Gasteiger partial charge < -0.3 is 14.8 Å². The first-order valence-corrected chi connectivity index (χ1v) is 8.54. The Morgan fingerprint density at radius 1 is 1.21 bits per heavy atom. The quantitative estimate of drug-likeness (QED) is 0.532. The molecule has 126 valence electrons. The van der Waals surface area contributed by atoms with Gasteiger partial charge in [0, 0.05) is 9.64 Å². The molecule has 0 bridgehead atoms. The maximum Gasteiger partial charge on any atom is 0.341 e. The van der Waals surface area contributed by atoms with Gasteiger partial charge in [0.2, 0.25) is 0 Å². The minimum absolute atomic E-state index is 0.205. The zero-order chi connectivity index (χ0) is 17.7. The van der Waals surface area contributed by atoms with E-state index in [0.29, 0.717) is 11.3 Å². The molecule has 0 unspecified atom stereocenters. The van der Waals surface area contributed by atoms with Crippen molar-refractivity contribution in [3.05, 3.63) is 56.1 Å². The summed E-state index contributed by atoms with van der Waals surface area (Å²) in [6.07, 6.45) is 0. The van der Waals surface area contributed by atoms with Crippen molar-refractivity contribution in [2.75, 3.05) is 19.0 Å². The van der Waals surface area contributed by atoms with Gasteiger partial charge in [-0.1, -0.05) is 23.7 Å². The van der Waals surface area contributed by atoms with Crippen molar-refractivity contribution >= 4 is 51.8 Å². The van der Waals surface area contributed by atoms with Gasteiger partial charge in [0.25, 0.3) is 5.91 Å². The Labute approximate surface area is 158 Å². The van der Waals surface area contributed by atoms with E-state index >= 15 is 0 Å². The highest BCUT2D eigenvalue weighted by atomic mass is 127. The second-order valence-corrected chi connectivity index (χ2v) is 6.26. The lowest BCUT2D eigenvalue weighted by molar-refractivity contribution is 0.0522. The lowest BCUT2D eigenvalue weighted by atomic mass is 10.1. The van der Waals surface area contributed by atoms with Gasteiger partial charge in [-0.05, 0) is 47.7 Å². The maximum absolute atomic E-state index is 12.4. The number of carbonyl (C=O) groups is 2. The monoisotopic (exact) mass is 459 g/mol. The average molecular weight is 460 g/mol. The fourth-order valence-corrected chi connectivity index (χ4v) is 2.86. The Hall–Kier alpha value is -1.80. The number of methoxy groups -OCH3 is 1. The maximum atomic E-state index is 12.4. The van der Waals surface area contributed by atoms with E-state index < -0.39 is 5.97 Å². The van der Waals surface area contributed by atoms with Gasteiger partial charge in [-0.15, -0.1) is 0 Å². The SMILES string of the molecule is CCOC(=O)c1cc(Cl)c(NC(=O)c2ccccc2I)cc1OC. The average Bonchev–Trinajstić information content (AvgIpc) is 2.56. The van der Waals surface area contributed by atoms with Gasteiger partial charge in [0.05, 0.1) is 30.0 Å². The van der Waals surface area contributed by atoms with Crippen LogP contribution < -0.4 is 10.1 Å². The molecule has 7 heteroatoms. The van der Waals surface area contributed by atoms with Crippen LogP contribution in [0.1, 0.15) is 27.6 Å². The van der Waals surface area contributed by atoms with E-state index in [1.807, 2.05) is 12.1 Å². The molecule has 5 nitrogen and oxygen atoms in total. The first-order valence-electron chi connectivity index (χ1n) is 7.08. The third-order valence-corrected chi connectivity index (χ3v) is 4.40. The Morgan fingerprint density at radius 2 is 1.92 bits per heavy atom. The van der Waals surface area contributed by atoms with E-state index in [2.05, 4.69) is 27.9 Å². The van der Waals surface area contributed by atoms with E-state index in [1.54, 1.807) is 19.1 Å². The van der Waals surface area contributed by atoms with E-state index in [4.69, 9.17) is 21.1 Å². The van der Waals surface area contributed by atoms with Crippen molar-refractivity contribution < 1.29 is 19.1 Å². The van der Waals surface area contributed by atoms with Crippen LogP contribution >= 0.6 is 34.2 Å². The van der Waals surface area contributed by atoms with Crippen LogP contribution in [0.3, 0.4) is 0 Å². The number of esters is 1. The predicted molar refractivity (Wildman–Crippen MR) is 101 cm³/mol. The van der Waals surface area contributed by atoms with Gasteiger partial charge in [-0.25, -0.2) is 4.79 Å². The number of amides is 1. The number of nitrogens with one attached hydrogen (secondary N) is 1. The molecular formula is C17H15ClINO4. The van der Waals surface area contributed by atoms with Crippen LogP contribution in [0.25, 0.3) is 0 Å². The summed E-state index contributed by atoms with van der Waals surface area (Å²) in [6, 6.07) is 10.1. The fourth-order valence-electron chi connectivity index (χ4n) is 2.02. The minimum Gasteiger partial charge on any atom is -0.496 e. The smallest absolute Gasteiger partial charge is 0.341 e. The van der Waals surface area contributed by atoms with Crippen molar-refractivity contribution in [2.45, 2.75) is 6.92 Å². The molecular weight excluding hydrogens is 445 g/mol. The summed E-state index contributed by atoms with van der Waals surface area (Å²) in [5, 5.41) is 2.95. The topological polar surface area (TPSA) is 64.6 Å². The van der Waals surface area contributed by atoms with Crippen LogP contribution in [0.4, 0.5) is 5.69 Å². The molecule has 2 rings (SSSR count). The summed E-state index contributed by atoms with van der Waals surface area (Å²) in [7, 11) is 1.43. The largest absolute Gasteiger partial charge is 0.496 e. The molecule has 0 radical (unpaired) electrons. The first kappa shape index (κ1) is 18.5. The Bertz CT molecular complexity index is 779. The number of hydrogen-bond acceptors (Lipinski definition) is 4. The van der Waals surface area contributed by atoms with Crippen LogP contribution in [0.15, 0.2) is 36.4 Å². The predicted octanol–water partition coefficient (Wildman–Crippen LogP) is 4.38. The Balaban J connectivity index is 2.33. The Morgan fingerprint density at radius 3 is 2.54 bits per heavy atom. The van der Waals surface area contributed by atoms with E-state index in [1.165, 1.54) is 19.2 Å². The second kappa shape index (κ2) is 8.34. The summed E-state index contributed by atoms with van der Waals surface area (Å²) < 4.78 is 11.0. The zero-order valence-corrected chi connectivity index (χ0v) is 16.0. The molecule has 24 heavy (non-hydrogen) atoms. The van der Waals surface area contributed by atoms with Gasteiger partial charge in [-0.2, -0.15) is 0 Å². The number of rotatable bonds is 5. The number of halogens is 2. The molecule has 0 saturated carbocycles. The molecule has 0 spiro atoms. The van der Waals surface area contributed by atoms with Crippen molar-refractivity contribution in [3.8, 4) is 5.75 Å². The normalized spacial score (nSPS) is 10.2. The summed E-state index contributed by atoms with van der Waals surface area (Å²) in [6.45, 7) is 1.95. The molecule has 0 aliphatic heterocycles. The molecule has 0 aliphatic carbocycles. The van der Waals surface area contributed by atoms with Crippen LogP contribution in [0, 0.1) is 3.57 Å². The van der Waals surface area contributed by atoms with Crippen molar-refractivity contribution in [3.63, 3.8) is 0 Å². The molecule has 1 N–H and O–H groups in total. The van der Waals surface area contributed by atoms with Crippen LogP contribution in [-0.4, -0.2) is 25.6 Å². The van der Waals surface area contributed by atoms with E-state index in [0.717, 1.165) is 3.57 Å². The minimum atomic E-state index is -0.535. The summed E-state index contributed by atoms with van der Waals surface area (Å²) in [5.41, 5.74) is 1.09. The third-order valence-electron chi connectivity index (χ3n) is 3.15. The highest BCUT2D eigenvalue weighted by Crippen LogP contribution is 2.32. The van der Waals surface area contributed by atoms with Gasteiger partial charge >= 0.3 is 5.97 Å². The molecule has 0 atom stereocenters. The summed E-state index contributed by atoms with van der Waals surface area (Å²) in [5.74, 6) is -0.560. The van der Waals surface area contributed by atoms with Crippen molar-refractivity contribution in [2.24, 2.45) is 0 Å². The standard InChI is InChI=1S/C17H15ClINO4/c1-3-24-17(22)11-8-12(18)14(9-15(11)23-2)20-16(21)10-6-4-5-7-13(10)19/h4-9H,3H2,1-2H3,(H,20,21). The number of carbonyl (C=O) groups excluding carboxylic acids is 2. The number of ether oxygens (including phenoxy) is 2. The second-order valence-electron chi connectivity index (χ2n) is 4.69. The Kier molecular flexibility index (Phi) is 6.44. The highest BCUT2D eigenvalue weighted by molar-refractivity contribution is 14.1. The van der Waals surface area contributed by atoms with Gasteiger partial charge in [0.1, 0.15) is 11.3 Å². The van der Waals surface area contributed by atoms with Crippen LogP contribution in [0.5, 0.6) is 5.75 Å². The molecule has 1 amide bonds. The van der Waals surface area contributed by atoms with Crippen molar-refractivity contribution in [1.82, 2.24) is 0 Å². The number of hydrogen-bond donors (Lipinski definition) is 1. The third kappa shape index (κ3) is 4.18. The lowest BCUT2D eigenvalue weighted by Gasteiger charge is -2.13. The van der Waals surface area contributed by atoms with Crippen LogP contribution in [-0.2, 0) is 4.74 Å². The number of anilines is 1. The highest BCUT2D eigenvalue weighted by Gasteiger charge is 2.19. The molecule has 2 aromatic rings. The summed E-state index contributed by atoms with van der Waals surface area (Å²) in [4.78, 5) is 24.3. The molecule has 0 aliphatic rings. The molecule has 0 heterocycles. The zero-order valence-electron chi connectivity index (χ0n) is 13.1. The van der Waals surface area contributed by atoms with E-state index in [-0.39, 0.29) is 28.8 Å². The lowest BCUT2D eigenvalue weighted by Crippen LogP contribution is -2.14.